The lowest BCUT2D eigenvalue weighted by Crippen LogP contribution is -2.68. The summed E-state index contributed by atoms with van der Waals surface area (Å²) in [5.74, 6) is 0. The summed E-state index contributed by atoms with van der Waals surface area (Å²) in [5.41, 5.74) is 1.36. The molecule has 1 aromatic rings. The second-order valence-electron chi connectivity index (χ2n) is 3.01. The smallest absolute Gasteiger partial charge is 0.154 e. The molecule has 15 heavy (non-hydrogen) atoms. The molecular weight excluding hydrogens is 240 g/mol. The first kappa shape index (κ1) is 14.7. The molecule has 0 radical (unpaired) electrons. The van der Waals surface area contributed by atoms with Crippen molar-refractivity contribution in [3.8, 4) is 0 Å². The van der Waals surface area contributed by atoms with E-state index >= 15 is 0 Å². The van der Waals surface area contributed by atoms with Gasteiger partial charge < -0.3 is 0 Å². The van der Waals surface area contributed by atoms with Gasteiger partial charge in [0.25, 0.3) is 0 Å². The Morgan fingerprint density at radius 2 is 1.53 bits per heavy atom. The van der Waals surface area contributed by atoms with Crippen molar-refractivity contribution in [3.05, 3.63) is 29.8 Å². The van der Waals surface area contributed by atoms with Crippen LogP contribution in [0, 0.1) is 17.2 Å². The molecule has 0 bridgehead atoms. The van der Waals surface area contributed by atoms with Crippen molar-refractivity contribution < 1.29 is 28.9 Å². The van der Waals surface area contributed by atoms with E-state index in [-0.39, 0.29) is 0 Å². The molecule has 0 unspecified atom stereocenters. The van der Waals surface area contributed by atoms with Gasteiger partial charge in [-0.25, -0.2) is 18.6 Å². The average molecular weight is 253 g/mol. The predicted molar refractivity (Wildman–Crippen MR) is 48.7 cm³/mol. The normalized spacial score (nSPS) is 10.9. The van der Waals surface area contributed by atoms with E-state index in [9.17, 15) is 0 Å². The molecule has 6 heteroatoms. The Morgan fingerprint density at radius 1 is 1.07 bits per heavy atom. The second-order valence-corrected chi connectivity index (χ2v) is 5.87. The van der Waals surface area contributed by atoms with Crippen molar-refractivity contribution in [1.82, 2.24) is 0 Å². The van der Waals surface area contributed by atoms with Crippen LogP contribution in [0.3, 0.4) is 0 Å². The number of benzene rings is 1. The molecule has 0 saturated heterocycles. The van der Waals surface area contributed by atoms with Crippen molar-refractivity contribution >= 4 is 10.9 Å². The van der Waals surface area contributed by atoms with Gasteiger partial charge in [-0.05, 0) is 24.6 Å². The van der Waals surface area contributed by atoms with E-state index in [0.717, 1.165) is 0 Å². The molecule has 0 N–H and O–H groups in total. The van der Waals surface area contributed by atoms with E-state index in [1.54, 1.807) is 0 Å². The molecule has 0 amide bonds. The second kappa shape index (κ2) is 6.32. The molecule has 0 aromatic heterocycles. The maximum atomic E-state index is 8.49. The summed E-state index contributed by atoms with van der Waals surface area (Å²) < 4.78 is 34.0. The Balaban J connectivity index is 0.000000336. The zero-order valence-corrected chi connectivity index (χ0v) is 10.3. The first-order chi connectivity index (χ1) is 6.70. The molecule has 0 saturated carbocycles. The fraction of sp³-hybridized carbons (Fsp3) is 0.333. The van der Waals surface area contributed by atoms with Gasteiger partial charge in [-0.1, -0.05) is 12.1 Å². The number of aryl methyl sites for hydroxylation is 1. The van der Waals surface area contributed by atoms with Crippen LogP contribution in [-0.2, 0) is 10.9 Å². The molecule has 1 aromatic carbocycles. The molecule has 86 valence electrons. The molecule has 0 aliphatic heterocycles. The predicted octanol–water partition coefficient (Wildman–Crippen LogP) is -2.52. The van der Waals surface area contributed by atoms with E-state index in [2.05, 4.69) is 43.7 Å². The van der Waals surface area contributed by atoms with Gasteiger partial charge in [0.05, 0.1) is 0 Å². The van der Waals surface area contributed by atoms with Gasteiger partial charge in [-0.2, -0.15) is 0 Å². The van der Waals surface area contributed by atoms with E-state index in [0.29, 0.717) is 10.9 Å². The molecule has 1 rings (SSSR count). The van der Waals surface area contributed by atoms with Crippen molar-refractivity contribution in [2.24, 2.45) is 0 Å². The van der Waals surface area contributed by atoms with Gasteiger partial charge in [-0.15, -0.1) is 10.2 Å². The van der Waals surface area contributed by atoms with Gasteiger partial charge in [0.1, 0.15) is 12.5 Å². The summed E-state index contributed by atoms with van der Waals surface area (Å²) in [5, 5.41) is 0. The lowest BCUT2D eigenvalue weighted by atomic mass is 10.2. The van der Waals surface area contributed by atoms with Gasteiger partial charge in [0.2, 0.25) is 0 Å². The van der Waals surface area contributed by atoms with Crippen LogP contribution in [0.25, 0.3) is 0 Å². The SMILES string of the molecule is Cc1cccc([S+](C)C)c1.[O-][Cl+3]([O-])([O-])[O-]. The summed E-state index contributed by atoms with van der Waals surface area (Å²) in [6.07, 6.45) is 4.49. The third-order valence-corrected chi connectivity index (χ3v) is 2.66. The Morgan fingerprint density at radius 3 is 1.80 bits per heavy atom. The molecule has 0 aliphatic rings. The molecular formula is C9H13ClO4S. The van der Waals surface area contributed by atoms with Gasteiger partial charge in [0.15, 0.2) is 4.90 Å². The monoisotopic (exact) mass is 252 g/mol. The fourth-order valence-corrected chi connectivity index (χ4v) is 1.64. The van der Waals surface area contributed by atoms with Crippen LogP contribution in [0.1, 0.15) is 5.56 Å². The fourth-order valence-electron chi connectivity index (χ4n) is 0.869. The van der Waals surface area contributed by atoms with Crippen LogP contribution in [-0.4, -0.2) is 12.5 Å². The third kappa shape index (κ3) is 9.99. The van der Waals surface area contributed by atoms with E-state index < -0.39 is 10.2 Å². The molecule has 0 atom stereocenters. The highest BCUT2D eigenvalue weighted by atomic mass is 35.7. The zero-order valence-electron chi connectivity index (χ0n) is 8.73. The highest BCUT2D eigenvalue weighted by molar-refractivity contribution is 7.95. The number of hydrogen-bond donors (Lipinski definition) is 0. The average Bonchev–Trinajstić information content (AvgIpc) is 2.00. The van der Waals surface area contributed by atoms with E-state index in [1.807, 2.05) is 0 Å². The summed E-state index contributed by atoms with van der Waals surface area (Å²) in [6.45, 7) is 2.14. The highest BCUT2D eigenvalue weighted by Crippen LogP contribution is 2.09. The number of halogens is 1. The standard InChI is InChI=1S/C9H13S.ClHO4/c1-8-5-4-6-9(7-8)10(2)3;2-1(3,4)5/h4-7H,1-3H3;(H,2,3,4,5)/q+1;/p-1. The van der Waals surface area contributed by atoms with Gasteiger partial charge >= 0.3 is 0 Å². The molecule has 0 spiro atoms. The van der Waals surface area contributed by atoms with Crippen LogP contribution >= 0.6 is 0 Å². The van der Waals surface area contributed by atoms with Gasteiger partial charge in [-0.3, -0.25) is 0 Å². The summed E-state index contributed by atoms with van der Waals surface area (Å²) >= 11 is 0. The maximum absolute atomic E-state index is 8.49. The zero-order chi connectivity index (χ0) is 12.1. The highest BCUT2D eigenvalue weighted by Gasteiger charge is 2.05. The van der Waals surface area contributed by atoms with Crippen LogP contribution in [0.15, 0.2) is 29.2 Å². The van der Waals surface area contributed by atoms with Crippen molar-refractivity contribution in [2.75, 3.05) is 12.5 Å². The minimum absolute atomic E-state index is 0.411. The molecule has 0 aliphatic carbocycles. The number of rotatable bonds is 1. The van der Waals surface area contributed by atoms with Crippen LogP contribution in [0.4, 0.5) is 0 Å². The van der Waals surface area contributed by atoms with E-state index in [1.165, 1.54) is 10.5 Å². The third-order valence-electron chi connectivity index (χ3n) is 1.46. The Bertz CT molecular complexity index is 292. The lowest BCUT2D eigenvalue weighted by molar-refractivity contribution is -2.00. The van der Waals surface area contributed by atoms with E-state index in [4.69, 9.17) is 18.6 Å². The van der Waals surface area contributed by atoms with Crippen molar-refractivity contribution in [2.45, 2.75) is 11.8 Å². The Hall–Kier alpha value is -0.300. The lowest BCUT2D eigenvalue weighted by Gasteiger charge is -2.17. The molecule has 0 heterocycles. The minimum atomic E-state index is -4.94. The number of hydrogen-bond acceptors (Lipinski definition) is 4. The van der Waals surface area contributed by atoms with Crippen LogP contribution in [0.2, 0.25) is 0 Å². The quantitative estimate of drug-likeness (QED) is 0.516. The maximum Gasteiger partial charge on any atom is 0.154 e. The molecule has 0 fully saturated rings. The largest absolute Gasteiger partial charge is 0.222 e. The van der Waals surface area contributed by atoms with Crippen LogP contribution < -0.4 is 18.6 Å². The summed E-state index contributed by atoms with van der Waals surface area (Å²) in [7, 11) is -4.53. The summed E-state index contributed by atoms with van der Waals surface area (Å²) in [6, 6.07) is 8.70. The van der Waals surface area contributed by atoms with Crippen LogP contribution in [0.5, 0.6) is 0 Å². The first-order valence-corrected chi connectivity index (χ1v) is 7.23. The van der Waals surface area contributed by atoms with Gasteiger partial charge in [0, 0.05) is 10.9 Å². The van der Waals surface area contributed by atoms with Crippen molar-refractivity contribution in [1.29, 1.82) is 0 Å². The van der Waals surface area contributed by atoms with Crippen molar-refractivity contribution in [3.63, 3.8) is 0 Å². The molecule has 4 nitrogen and oxygen atoms in total. The Kier molecular flexibility index (Phi) is 6.19. The topological polar surface area (TPSA) is 92.2 Å². The first-order valence-electron chi connectivity index (χ1n) is 3.96. The Labute approximate surface area is 94.3 Å². The summed E-state index contributed by atoms with van der Waals surface area (Å²) in [4.78, 5) is 1.46. The minimum Gasteiger partial charge on any atom is -0.222 e.